The molecule has 0 radical (unpaired) electrons. The largest absolute Gasteiger partial charge is 0.385 e. The Labute approximate surface area is 155 Å². The van der Waals surface area contributed by atoms with E-state index in [2.05, 4.69) is 27.7 Å². The maximum absolute atomic E-state index is 5.29. The molecular formula is C16H29IN4O2. The monoisotopic (exact) mass is 436 g/mol. The maximum atomic E-state index is 5.29. The summed E-state index contributed by atoms with van der Waals surface area (Å²) in [5.74, 6) is 0.842. The van der Waals surface area contributed by atoms with Gasteiger partial charge in [-0.1, -0.05) is 18.0 Å². The molecule has 1 saturated carbocycles. The van der Waals surface area contributed by atoms with E-state index in [4.69, 9.17) is 9.26 Å². The summed E-state index contributed by atoms with van der Waals surface area (Å²) in [4.78, 5) is 4.57. The number of halogens is 1. The Kier molecular flexibility index (Phi) is 9.54. The predicted molar refractivity (Wildman–Crippen MR) is 102 cm³/mol. The lowest BCUT2D eigenvalue weighted by atomic mass is 9.83. The van der Waals surface area contributed by atoms with Gasteiger partial charge in [0.25, 0.3) is 0 Å². The third-order valence-corrected chi connectivity index (χ3v) is 4.37. The van der Waals surface area contributed by atoms with E-state index in [0.717, 1.165) is 37.8 Å². The molecule has 1 aliphatic rings. The minimum absolute atomic E-state index is 0. The molecule has 2 N–H and O–H groups in total. The Morgan fingerprint density at radius 1 is 1.39 bits per heavy atom. The van der Waals surface area contributed by atoms with Crippen LogP contribution in [0.25, 0.3) is 0 Å². The van der Waals surface area contributed by atoms with Crippen LogP contribution in [0.5, 0.6) is 0 Å². The Balaban J connectivity index is 0.00000264. The number of nitrogens with one attached hydrogen (secondary N) is 2. The Bertz CT molecular complexity index is 445. The smallest absolute Gasteiger partial charge is 0.191 e. The molecular weight excluding hydrogens is 407 g/mol. The van der Waals surface area contributed by atoms with Crippen LogP contribution in [0, 0.1) is 5.41 Å². The zero-order valence-corrected chi connectivity index (χ0v) is 16.5. The third-order valence-electron chi connectivity index (χ3n) is 4.37. The Morgan fingerprint density at radius 3 is 2.78 bits per heavy atom. The van der Waals surface area contributed by atoms with Gasteiger partial charge in [0.15, 0.2) is 5.96 Å². The highest BCUT2D eigenvalue weighted by molar-refractivity contribution is 14.0. The molecule has 2 rings (SSSR count). The number of guanidine groups is 1. The lowest BCUT2D eigenvalue weighted by Crippen LogP contribution is -2.43. The number of ether oxygens (including phenoxy) is 1. The van der Waals surface area contributed by atoms with E-state index in [1.807, 2.05) is 6.07 Å². The van der Waals surface area contributed by atoms with Crippen molar-refractivity contribution in [1.29, 1.82) is 0 Å². The van der Waals surface area contributed by atoms with Gasteiger partial charge in [-0.25, -0.2) is 4.99 Å². The second-order valence-electron chi connectivity index (χ2n) is 5.99. The summed E-state index contributed by atoms with van der Waals surface area (Å²) in [5.41, 5.74) is 1.19. The molecule has 0 unspecified atom stereocenters. The molecule has 1 aromatic heterocycles. The molecule has 6 nitrogen and oxygen atoms in total. The highest BCUT2D eigenvalue weighted by Gasteiger charge is 2.33. The van der Waals surface area contributed by atoms with Crippen LogP contribution >= 0.6 is 24.0 Å². The number of hydrogen-bond donors (Lipinski definition) is 2. The topological polar surface area (TPSA) is 71.7 Å². The second kappa shape index (κ2) is 10.9. The SMILES string of the molecule is CCNC(=NCc1ccon1)NCC1(CCOC)CCCC1.I. The van der Waals surface area contributed by atoms with Crippen molar-refractivity contribution in [1.82, 2.24) is 15.8 Å². The van der Waals surface area contributed by atoms with Gasteiger partial charge < -0.3 is 19.9 Å². The van der Waals surface area contributed by atoms with Crippen LogP contribution in [0.3, 0.4) is 0 Å². The molecule has 0 aliphatic heterocycles. The van der Waals surface area contributed by atoms with Crippen molar-refractivity contribution >= 4 is 29.9 Å². The van der Waals surface area contributed by atoms with Gasteiger partial charge in [0.05, 0.1) is 6.54 Å². The van der Waals surface area contributed by atoms with Crippen LogP contribution in [0.4, 0.5) is 0 Å². The molecule has 1 aromatic rings. The molecule has 0 atom stereocenters. The van der Waals surface area contributed by atoms with Crippen LogP contribution in [-0.4, -0.2) is 37.9 Å². The van der Waals surface area contributed by atoms with Crippen molar-refractivity contribution < 1.29 is 9.26 Å². The molecule has 1 heterocycles. The van der Waals surface area contributed by atoms with Gasteiger partial charge in [-0.2, -0.15) is 0 Å². The maximum Gasteiger partial charge on any atom is 0.191 e. The molecule has 0 aromatic carbocycles. The van der Waals surface area contributed by atoms with Gasteiger partial charge >= 0.3 is 0 Å². The third kappa shape index (κ3) is 6.66. The molecule has 1 fully saturated rings. The minimum Gasteiger partial charge on any atom is -0.385 e. The van der Waals surface area contributed by atoms with E-state index < -0.39 is 0 Å². The first-order valence-electron chi connectivity index (χ1n) is 8.18. The molecule has 0 amide bonds. The van der Waals surface area contributed by atoms with E-state index in [9.17, 15) is 0 Å². The number of rotatable bonds is 8. The number of methoxy groups -OCH3 is 1. The molecule has 0 saturated heterocycles. The summed E-state index contributed by atoms with van der Waals surface area (Å²) in [6.45, 7) is 5.21. The van der Waals surface area contributed by atoms with Crippen LogP contribution in [0.2, 0.25) is 0 Å². The highest BCUT2D eigenvalue weighted by atomic mass is 127. The molecule has 0 bridgehead atoms. The fourth-order valence-electron chi connectivity index (χ4n) is 3.05. The van der Waals surface area contributed by atoms with Crippen LogP contribution in [0.15, 0.2) is 21.8 Å². The van der Waals surface area contributed by atoms with Crippen molar-refractivity contribution in [3.63, 3.8) is 0 Å². The number of aromatic nitrogens is 1. The van der Waals surface area contributed by atoms with Crippen molar-refractivity contribution in [2.75, 3.05) is 26.8 Å². The van der Waals surface area contributed by atoms with Crippen molar-refractivity contribution in [3.8, 4) is 0 Å². The standard InChI is InChI=1S/C16H28N4O2.HI/c1-3-17-15(18-12-14-6-10-22-20-14)19-13-16(9-11-21-2)7-4-5-8-16;/h6,10H,3-5,7-9,11-13H2,1-2H3,(H2,17,18,19);1H. The van der Waals surface area contributed by atoms with Crippen LogP contribution in [-0.2, 0) is 11.3 Å². The molecule has 23 heavy (non-hydrogen) atoms. The van der Waals surface area contributed by atoms with E-state index in [0.29, 0.717) is 12.0 Å². The fourth-order valence-corrected chi connectivity index (χ4v) is 3.05. The first-order valence-corrected chi connectivity index (χ1v) is 8.18. The normalized spacial score (nSPS) is 16.9. The quantitative estimate of drug-likeness (QED) is 0.373. The fraction of sp³-hybridized carbons (Fsp3) is 0.750. The van der Waals surface area contributed by atoms with Crippen LogP contribution < -0.4 is 10.6 Å². The summed E-state index contributed by atoms with van der Waals surface area (Å²) in [5, 5.41) is 10.7. The van der Waals surface area contributed by atoms with Crippen molar-refractivity contribution in [2.45, 2.75) is 45.6 Å². The molecule has 1 aliphatic carbocycles. The van der Waals surface area contributed by atoms with Crippen molar-refractivity contribution in [2.24, 2.45) is 10.4 Å². The summed E-state index contributed by atoms with van der Waals surface area (Å²) >= 11 is 0. The van der Waals surface area contributed by atoms with E-state index >= 15 is 0 Å². The van der Waals surface area contributed by atoms with E-state index in [1.165, 1.54) is 25.7 Å². The Hall–Kier alpha value is -0.830. The summed E-state index contributed by atoms with van der Waals surface area (Å²) in [7, 11) is 1.78. The van der Waals surface area contributed by atoms with Gasteiger partial charge in [0.2, 0.25) is 0 Å². The van der Waals surface area contributed by atoms with E-state index in [1.54, 1.807) is 13.4 Å². The molecule has 0 spiro atoms. The predicted octanol–water partition coefficient (Wildman–Crippen LogP) is 2.94. The lowest BCUT2D eigenvalue weighted by Gasteiger charge is -2.29. The van der Waals surface area contributed by atoms with Crippen molar-refractivity contribution in [3.05, 3.63) is 18.0 Å². The zero-order valence-electron chi connectivity index (χ0n) is 14.1. The summed E-state index contributed by atoms with van der Waals surface area (Å²) < 4.78 is 10.1. The highest BCUT2D eigenvalue weighted by Crippen LogP contribution is 2.40. The van der Waals surface area contributed by atoms with Gasteiger partial charge in [-0.3, -0.25) is 0 Å². The second-order valence-corrected chi connectivity index (χ2v) is 5.99. The van der Waals surface area contributed by atoms with Gasteiger partial charge in [-0.15, -0.1) is 24.0 Å². The average Bonchev–Trinajstić information content (AvgIpc) is 3.20. The first-order chi connectivity index (χ1) is 10.8. The summed E-state index contributed by atoms with van der Waals surface area (Å²) in [6.07, 6.45) is 7.86. The van der Waals surface area contributed by atoms with E-state index in [-0.39, 0.29) is 24.0 Å². The summed E-state index contributed by atoms with van der Waals surface area (Å²) in [6, 6.07) is 1.84. The Morgan fingerprint density at radius 2 is 2.17 bits per heavy atom. The van der Waals surface area contributed by atoms with Gasteiger partial charge in [0, 0.05) is 32.9 Å². The first kappa shape index (κ1) is 20.2. The van der Waals surface area contributed by atoms with Gasteiger partial charge in [0.1, 0.15) is 12.0 Å². The number of hydrogen-bond acceptors (Lipinski definition) is 4. The van der Waals surface area contributed by atoms with Crippen LogP contribution in [0.1, 0.15) is 44.7 Å². The minimum atomic E-state index is 0. The zero-order chi connectivity index (χ0) is 15.7. The lowest BCUT2D eigenvalue weighted by molar-refractivity contribution is 0.138. The number of aliphatic imine (C=N–C) groups is 1. The molecule has 7 heteroatoms. The number of nitrogens with zero attached hydrogens (tertiary/aromatic N) is 2. The van der Waals surface area contributed by atoms with Gasteiger partial charge in [-0.05, 0) is 31.6 Å². The average molecular weight is 436 g/mol. The molecule has 132 valence electrons.